The van der Waals surface area contributed by atoms with E-state index >= 15 is 0 Å². The van der Waals surface area contributed by atoms with Crippen molar-refractivity contribution in [3.63, 3.8) is 0 Å². The van der Waals surface area contributed by atoms with Gasteiger partial charge in [0, 0.05) is 11.7 Å². The topological polar surface area (TPSA) is 102 Å². The van der Waals surface area contributed by atoms with Crippen molar-refractivity contribution in [2.24, 2.45) is 0 Å². The van der Waals surface area contributed by atoms with Gasteiger partial charge in [0.1, 0.15) is 5.75 Å². The number of hydrogen-bond acceptors (Lipinski definition) is 4. The maximum atomic E-state index is 12.0. The van der Waals surface area contributed by atoms with Crippen molar-refractivity contribution in [3.8, 4) is 5.75 Å². The molecule has 1 atom stereocenters. The lowest BCUT2D eigenvalue weighted by Gasteiger charge is -2.16. The largest absolute Gasteiger partial charge is 0.497 e. The fourth-order valence-corrected chi connectivity index (χ4v) is 1.63. The lowest BCUT2D eigenvalue weighted by Crippen LogP contribution is -2.36. The summed E-state index contributed by atoms with van der Waals surface area (Å²) in [5.74, 6) is -0.833. The second-order valence-electron chi connectivity index (χ2n) is 4.13. The Kier molecular flexibility index (Phi) is 5.17. The van der Waals surface area contributed by atoms with E-state index in [4.69, 9.17) is 15.6 Å². The maximum Gasteiger partial charge on any atom is 0.305 e. The number of amides is 1. The molecule has 6 heteroatoms. The number of carboxylic acids is 1. The molecule has 6 nitrogen and oxygen atoms in total. The number of nitrogens with two attached hydrogens (primary N) is 1. The van der Waals surface area contributed by atoms with Crippen molar-refractivity contribution >= 4 is 17.6 Å². The van der Waals surface area contributed by atoms with E-state index in [1.165, 1.54) is 13.2 Å². The molecule has 19 heavy (non-hydrogen) atoms. The molecular formula is C13H18N2O4. The number of methoxy groups -OCH3 is 1. The number of carbonyl (C=O) groups excluding carboxylic acids is 1. The van der Waals surface area contributed by atoms with Crippen molar-refractivity contribution in [1.82, 2.24) is 5.32 Å². The highest BCUT2D eigenvalue weighted by Crippen LogP contribution is 2.19. The summed E-state index contributed by atoms with van der Waals surface area (Å²) in [6, 6.07) is 4.33. The summed E-state index contributed by atoms with van der Waals surface area (Å²) < 4.78 is 5.03. The quantitative estimate of drug-likeness (QED) is 0.673. The van der Waals surface area contributed by atoms with E-state index in [9.17, 15) is 9.59 Å². The van der Waals surface area contributed by atoms with Gasteiger partial charge in [-0.05, 0) is 24.6 Å². The van der Waals surface area contributed by atoms with E-state index < -0.39 is 17.9 Å². The lowest BCUT2D eigenvalue weighted by molar-refractivity contribution is -0.137. The summed E-state index contributed by atoms with van der Waals surface area (Å²) in [4.78, 5) is 22.7. The first-order valence-corrected chi connectivity index (χ1v) is 5.94. The molecular weight excluding hydrogens is 248 g/mol. The molecule has 104 valence electrons. The molecule has 0 saturated heterocycles. The van der Waals surface area contributed by atoms with E-state index in [-0.39, 0.29) is 12.0 Å². The van der Waals surface area contributed by atoms with Crippen LogP contribution < -0.4 is 15.8 Å². The Labute approximate surface area is 111 Å². The number of hydrogen-bond donors (Lipinski definition) is 3. The highest BCUT2D eigenvalue weighted by molar-refractivity contribution is 5.99. The first-order chi connectivity index (χ1) is 8.97. The van der Waals surface area contributed by atoms with Crippen molar-refractivity contribution in [1.29, 1.82) is 0 Å². The molecule has 0 saturated carbocycles. The zero-order valence-corrected chi connectivity index (χ0v) is 11.0. The van der Waals surface area contributed by atoms with Crippen LogP contribution in [0.5, 0.6) is 5.75 Å². The first kappa shape index (κ1) is 14.8. The van der Waals surface area contributed by atoms with E-state index in [1.54, 1.807) is 12.1 Å². The van der Waals surface area contributed by atoms with Gasteiger partial charge in [-0.2, -0.15) is 0 Å². The number of aliphatic carboxylic acids is 1. The third kappa shape index (κ3) is 4.17. The fourth-order valence-electron chi connectivity index (χ4n) is 1.63. The van der Waals surface area contributed by atoms with Gasteiger partial charge in [-0.3, -0.25) is 9.59 Å². The normalized spacial score (nSPS) is 11.7. The Bertz CT molecular complexity index is 474. The van der Waals surface area contributed by atoms with Crippen LogP contribution in [-0.2, 0) is 4.79 Å². The molecule has 1 unspecified atom stereocenters. The number of nitrogen functional groups attached to an aromatic ring is 1. The average molecular weight is 266 g/mol. The van der Waals surface area contributed by atoms with Crippen LogP contribution in [0.15, 0.2) is 18.2 Å². The van der Waals surface area contributed by atoms with Crippen LogP contribution in [0.25, 0.3) is 0 Å². The molecule has 0 aliphatic rings. The van der Waals surface area contributed by atoms with E-state index in [1.807, 2.05) is 6.92 Å². The number of benzene rings is 1. The molecule has 0 aliphatic heterocycles. The highest BCUT2D eigenvalue weighted by Gasteiger charge is 2.17. The minimum atomic E-state index is -0.953. The Morgan fingerprint density at radius 3 is 2.68 bits per heavy atom. The molecule has 1 rings (SSSR count). The number of nitrogens with one attached hydrogen (secondary N) is 1. The molecule has 0 radical (unpaired) electrons. The summed E-state index contributed by atoms with van der Waals surface area (Å²) in [6.07, 6.45) is 0.411. The van der Waals surface area contributed by atoms with Gasteiger partial charge < -0.3 is 20.9 Å². The number of ether oxygens (including phenoxy) is 1. The van der Waals surface area contributed by atoms with Crippen molar-refractivity contribution in [2.75, 3.05) is 12.8 Å². The molecule has 0 fully saturated rings. The van der Waals surface area contributed by atoms with Crippen molar-refractivity contribution in [2.45, 2.75) is 25.8 Å². The summed E-state index contributed by atoms with van der Waals surface area (Å²) in [6.45, 7) is 1.81. The first-order valence-electron chi connectivity index (χ1n) is 5.94. The smallest absolute Gasteiger partial charge is 0.305 e. The molecule has 1 aromatic carbocycles. The summed E-state index contributed by atoms with van der Waals surface area (Å²) in [7, 11) is 1.49. The molecule has 1 amide bonds. The predicted molar refractivity (Wildman–Crippen MR) is 71.2 cm³/mol. The zero-order chi connectivity index (χ0) is 14.4. The third-order valence-electron chi connectivity index (χ3n) is 2.75. The third-order valence-corrected chi connectivity index (χ3v) is 2.75. The van der Waals surface area contributed by atoms with Gasteiger partial charge in [0.25, 0.3) is 5.91 Å². The zero-order valence-electron chi connectivity index (χ0n) is 11.0. The van der Waals surface area contributed by atoms with Crippen LogP contribution in [0.1, 0.15) is 30.1 Å². The Hall–Kier alpha value is -2.24. The highest BCUT2D eigenvalue weighted by atomic mass is 16.5. The number of anilines is 1. The number of carboxylic acid groups (broad SMARTS) is 1. The van der Waals surface area contributed by atoms with E-state index in [0.29, 0.717) is 17.9 Å². The van der Waals surface area contributed by atoms with Gasteiger partial charge in [0.15, 0.2) is 0 Å². The minimum Gasteiger partial charge on any atom is -0.497 e. The SMILES string of the molecule is CCC(CC(=O)O)NC(=O)c1cc(OC)ccc1N. The van der Waals surface area contributed by atoms with Crippen LogP contribution >= 0.6 is 0 Å². The van der Waals surface area contributed by atoms with Crippen molar-refractivity contribution < 1.29 is 19.4 Å². The monoisotopic (exact) mass is 266 g/mol. The van der Waals surface area contributed by atoms with E-state index in [0.717, 1.165) is 0 Å². The maximum absolute atomic E-state index is 12.0. The molecule has 0 aliphatic carbocycles. The lowest BCUT2D eigenvalue weighted by atomic mass is 10.1. The van der Waals surface area contributed by atoms with Crippen LogP contribution in [-0.4, -0.2) is 30.1 Å². The molecule has 0 heterocycles. The Morgan fingerprint density at radius 2 is 2.16 bits per heavy atom. The van der Waals surface area contributed by atoms with Gasteiger partial charge in [-0.15, -0.1) is 0 Å². The second kappa shape index (κ2) is 6.63. The molecule has 0 aromatic heterocycles. The van der Waals surface area contributed by atoms with Gasteiger partial charge in [0.2, 0.25) is 0 Å². The van der Waals surface area contributed by atoms with Crippen LogP contribution in [0.4, 0.5) is 5.69 Å². The molecule has 4 N–H and O–H groups in total. The van der Waals surface area contributed by atoms with Gasteiger partial charge in [-0.1, -0.05) is 6.92 Å². The van der Waals surface area contributed by atoms with Crippen LogP contribution in [0.3, 0.4) is 0 Å². The van der Waals surface area contributed by atoms with Crippen LogP contribution in [0, 0.1) is 0 Å². The van der Waals surface area contributed by atoms with Gasteiger partial charge >= 0.3 is 5.97 Å². The molecule has 0 bridgehead atoms. The van der Waals surface area contributed by atoms with Crippen LogP contribution in [0.2, 0.25) is 0 Å². The fraction of sp³-hybridized carbons (Fsp3) is 0.385. The average Bonchev–Trinajstić information content (AvgIpc) is 2.37. The molecule has 0 spiro atoms. The summed E-state index contributed by atoms with van der Waals surface area (Å²) in [5.41, 5.74) is 6.33. The minimum absolute atomic E-state index is 0.119. The van der Waals surface area contributed by atoms with Gasteiger partial charge in [0.05, 0.1) is 19.1 Å². The van der Waals surface area contributed by atoms with Gasteiger partial charge in [-0.25, -0.2) is 0 Å². The van der Waals surface area contributed by atoms with E-state index in [2.05, 4.69) is 5.32 Å². The van der Waals surface area contributed by atoms with Crippen molar-refractivity contribution in [3.05, 3.63) is 23.8 Å². The molecule has 1 aromatic rings. The standard InChI is InChI=1S/C13H18N2O4/c1-3-8(6-12(16)17)15-13(18)10-7-9(19-2)4-5-11(10)14/h4-5,7-8H,3,6,14H2,1-2H3,(H,15,18)(H,16,17). The summed E-state index contributed by atoms with van der Waals surface area (Å²) >= 11 is 0. The number of rotatable bonds is 6. The Balaban J connectivity index is 2.84. The number of carbonyl (C=O) groups is 2. The second-order valence-corrected chi connectivity index (χ2v) is 4.13. The summed E-state index contributed by atoms with van der Waals surface area (Å²) in [5, 5.41) is 11.4. The Morgan fingerprint density at radius 1 is 1.47 bits per heavy atom. The predicted octanol–water partition coefficient (Wildman–Crippen LogP) is 1.26.